The number of carbonyl (C=O) groups excluding carboxylic acids is 1. The fourth-order valence-corrected chi connectivity index (χ4v) is 4.26. The van der Waals surface area contributed by atoms with E-state index in [1.165, 1.54) is 41.9 Å². The van der Waals surface area contributed by atoms with Gasteiger partial charge >= 0.3 is 0 Å². The van der Waals surface area contributed by atoms with Crippen LogP contribution in [0.2, 0.25) is 5.02 Å². The van der Waals surface area contributed by atoms with E-state index in [0.29, 0.717) is 37.9 Å². The van der Waals surface area contributed by atoms with Gasteiger partial charge in [0, 0.05) is 23.3 Å². The van der Waals surface area contributed by atoms with Crippen molar-refractivity contribution in [1.82, 2.24) is 20.2 Å². The van der Waals surface area contributed by atoms with E-state index in [1.807, 2.05) is 18.2 Å². The second-order valence-corrected chi connectivity index (χ2v) is 8.53. The van der Waals surface area contributed by atoms with E-state index in [4.69, 9.17) is 21.1 Å². The number of nitrogens with zero attached hydrogens (tertiary/aromatic N) is 4. The first-order valence-electron chi connectivity index (χ1n) is 10.2. The normalized spacial score (nSPS) is 10.8. The lowest BCUT2D eigenvalue weighted by Crippen LogP contribution is -2.14. The highest BCUT2D eigenvalue weighted by atomic mass is 35.5. The van der Waals surface area contributed by atoms with Crippen LogP contribution in [-0.2, 0) is 0 Å². The molecule has 0 atom stereocenters. The molecule has 0 fully saturated rings. The zero-order valence-corrected chi connectivity index (χ0v) is 19.6. The van der Waals surface area contributed by atoms with Crippen LogP contribution in [0.25, 0.3) is 21.5 Å². The third-order valence-electron chi connectivity index (χ3n) is 4.94. The number of methoxy groups -OCH3 is 1. The van der Waals surface area contributed by atoms with Gasteiger partial charge in [-0.1, -0.05) is 41.1 Å². The Balaban J connectivity index is 1.39. The summed E-state index contributed by atoms with van der Waals surface area (Å²) < 4.78 is 24.7. The maximum Gasteiger partial charge on any atom is 0.259 e. The number of rotatable bonds is 6. The molecule has 0 spiro atoms. The number of hydrogen-bond donors (Lipinski definition) is 1. The summed E-state index contributed by atoms with van der Waals surface area (Å²) in [6, 6.07) is 14.7. The predicted molar refractivity (Wildman–Crippen MR) is 131 cm³/mol. The van der Waals surface area contributed by atoms with Crippen molar-refractivity contribution >= 4 is 44.3 Å². The van der Waals surface area contributed by atoms with Gasteiger partial charge in [0.2, 0.25) is 5.88 Å². The second kappa shape index (κ2) is 9.61. The molecule has 0 aliphatic rings. The smallest absolute Gasteiger partial charge is 0.259 e. The van der Waals surface area contributed by atoms with Gasteiger partial charge in [-0.15, -0.1) is 0 Å². The SMILES string of the molecule is COc1ccccc1-c1cnncc1C(=O)Nc1nc2ccc(Oc3ccc(Cl)c(F)c3)nc2s1. The molecule has 11 heteroatoms. The first kappa shape index (κ1) is 22.6. The molecule has 2 aromatic carbocycles. The predicted octanol–water partition coefficient (Wildman–Crippen LogP) is 5.99. The highest BCUT2D eigenvalue weighted by Gasteiger charge is 2.18. The van der Waals surface area contributed by atoms with Crippen molar-refractivity contribution in [2.45, 2.75) is 0 Å². The maximum atomic E-state index is 13.7. The van der Waals surface area contributed by atoms with E-state index in [1.54, 1.807) is 25.3 Å². The number of para-hydroxylation sites is 1. The lowest BCUT2D eigenvalue weighted by molar-refractivity contribution is 0.102. The van der Waals surface area contributed by atoms with E-state index in [-0.39, 0.29) is 16.7 Å². The van der Waals surface area contributed by atoms with Gasteiger partial charge in [-0.25, -0.2) is 14.4 Å². The Labute approximate surface area is 207 Å². The summed E-state index contributed by atoms with van der Waals surface area (Å²) in [5, 5.41) is 10.9. The van der Waals surface area contributed by atoms with Gasteiger partial charge in [-0.3, -0.25) is 10.1 Å². The van der Waals surface area contributed by atoms with E-state index >= 15 is 0 Å². The number of benzene rings is 2. The van der Waals surface area contributed by atoms with Gasteiger partial charge in [0.25, 0.3) is 5.91 Å². The average Bonchev–Trinajstić information content (AvgIpc) is 3.27. The number of amides is 1. The molecule has 174 valence electrons. The molecule has 0 saturated heterocycles. The number of nitrogens with one attached hydrogen (secondary N) is 1. The maximum absolute atomic E-state index is 13.7. The van der Waals surface area contributed by atoms with Crippen LogP contribution in [0.5, 0.6) is 17.4 Å². The molecular formula is C24H15ClFN5O3S. The zero-order valence-electron chi connectivity index (χ0n) is 18.0. The van der Waals surface area contributed by atoms with Crippen LogP contribution in [0.15, 0.2) is 67.0 Å². The Kier molecular flexibility index (Phi) is 6.21. The molecule has 5 aromatic rings. The molecule has 3 aromatic heterocycles. The number of thiazole rings is 1. The van der Waals surface area contributed by atoms with Crippen LogP contribution in [0.3, 0.4) is 0 Å². The van der Waals surface area contributed by atoms with Crippen LogP contribution >= 0.6 is 22.9 Å². The van der Waals surface area contributed by atoms with E-state index in [2.05, 4.69) is 25.5 Å². The topological polar surface area (TPSA) is 99.1 Å². The zero-order chi connectivity index (χ0) is 24.4. The molecule has 0 unspecified atom stereocenters. The van der Waals surface area contributed by atoms with Crippen molar-refractivity contribution in [2.75, 3.05) is 12.4 Å². The first-order chi connectivity index (χ1) is 17.0. The van der Waals surface area contributed by atoms with Crippen molar-refractivity contribution in [2.24, 2.45) is 0 Å². The lowest BCUT2D eigenvalue weighted by Gasteiger charge is -2.11. The third-order valence-corrected chi connectivity index (χ3v) is 6.12. The fourth-order valence-electron chi connectivity index (χ4n) is 3.32. The molecule has 0 radical (unpaired) electrons. The molecule has 1 N–H and O–H groups in total. The standard InChI is InChI=1S/C24H15ClFN5O3S/c1-33-20-5-3-2-4-14(20)15-11-27-28-12-16(15)22(32)31-24-29-19-8-9-21(30-23(19)35-24)34-13-6-7-17(25)18(26)10-13/h2-12H,1H3,(H,29,31,32). The monoisotopic (exact) mass is 507 g/mol. The number of aromatic nitrogens is 4. The minimum Gasteiger partial charge on any atom is -0.496 e. The highest BCUT2D eigenvalue weighted by Crippen LogP contribution is 2.33. The molecule has 0 aliphatic heterocycles. The van der Waals surface area contributed by atoms with Crippen molar-refractivity contribution in [1.29, 1.82) is 0 Å². The molecule has 0 bridgehead atoms. The quantitative estimate of drug-likeness (QED) is 0.301. The Morgan fingerprint density at radius 1 is 1.03 bits per heavy atom. The number of hydrogen-bond acceptors (Lipinski definition) is 8. The van der Waals surface area contributed by atoms with Crippen molar-refractivity contribution < 1.29 is 18.7 Å². The highest BCUT2D eigenvalue weighted by molar-refractivity contribution is 7.22. The molecule has 0 saturated carbocycles. The largest absolute Gasteiger partial charge is 0.496 e. The van der Waals surface area contributed by atoms with Crippen molar-refractivity contribution in [3.8, 4) is 28.5 Å². The molecule has 8 nitrogen and oxygen atoms in total. The average molecular weight is 508 g/mol. The van der Waals surface area contributed by atoms with Gasteiger partial charge < -0.3 is 9.47 Å². The van der Waals surface area contributed by atoms with Gasteiger partial charge in [0.1, 0.15) is 27.7 Å². The lowest BCUT2D eigenvalue weighted by atomic mass is 10.0. The van der Waals surface area contributed by atoms with Crippen molar-refractivity contribution in [3.05, 3.63) is 83.4 Å². The molecule has 0 aliphatic carbocycles. The summed E-state index contributed by atoms with van der Waals surface area (Å²) in [6.45, 7) is 0. The van der Waals surface area contributed by atoms with Crippen molar-refractivity contribution in [3.63, 3.8) is 0 Å². The van der Waals surface area contributed by atoms with Gasteiger partial charge in [0.05, 0.1) is 30.1 Å². The number of ether oxygens (including phenoxy) is 2. The Hall–Kier alpha value is -4.15. The van der Waals surface area contributed by atoms with E-state index in [0.717, 1.165) is 0 Å². The van der Waals surface area contributed by atoms with Crippen LogP contribution in [0.4, 0.5) is 9.52 Å². The summed E-state index contributed by atoms with van der Waals surface area (Å²) in [6.07, 6.45) is 2.90. The number of anilines is 1. The minimum absolute atomic E-state index is 0.00173. The third kappa shape index (κ3) is 4.75. The summed E-state index contributed by atoms with van der Waals surface area (Å²) >= 11 is 6.88. The number of halogens is 2. The van der Waals surface area contributed by atoms with E-state index < -0.39 is 11.7 Å². The van der Waals surface area contributed by atoms with Gasteiger partial charge in [-0.05, 0) is 24.3 Å². The Bertz CT molecular complexity index is 1560. The summed E-state index contributed by atoms with van der Waals surface area (Å²) in [5.41, 5.74) is 2.16. The second-order valence-electron chi connectivity index (χ2n) is 7.14. The van der Waals surface area contributed by atoms with Crippen LogP contribution in [0.1, 0.15) is 10.4 Å². The summed E-state index contributed by atoms with van der Waals surface area (Å²) in [4.78, 5) is 22.5. The first-order valence-corrected chi connectivity index (χ1v) is 11.4. The van der Waals surface area contributed by atoms with Gasteiger partial charge in [0.15, 0.2) is 5.13 Å². The Morgan fingerprint density at radius 2 is 1.86 bits per heavy atom. The molecule has 35 heavy (non-hydrogen) atoms. The fraction of sp³-hybridized carbons (Fsp3) is 0.0417. The number of carbonyl (C=O) groups is 1. The van der Waals surface area contributed by atoms with Crippen LogP contribution in [0, 0.1) is 5.82 Å². The van der Waals surface area contributed by atoms with Crippen LogP contribution in [-0.4, -0.2) is 33.2 Å². The number of fused-ring (bicyclic) bond motifs is 1. The number of pyridine rings is 1. The molecular weight excluding hydrogens is 493 g/mol. The van der Waals surface area contributed by atoms with E-state index in [9.17, 15) is 9.18 Å². The Morgan fingerprint density at radius 3 is 2.69 bits per heavy atom. The summed E-state index contributed by atoms with van der Waals surface area (Å²) in [5.74, 6) is 0.106. The van der Waals surface area contributed by atoms with Gasteiger partial charge in [-0.2, -0.15) is 10.2 Å². The molecule has 1 amide bonds. The summed E-state index contributed by atoms with van der Waals surface area (Å²) in [7, 11) is 1.56. The van der Waals surface area contributed by atoms with Crippen LogP contribution < -0.4 is 14.8 Å². The minimum atomic E-state index is -0.592. The molecule has 5 rings (SSSR count). The molecule has 3 heterocycles.